The van der Waals surface area contributed by atoms with Gasteiger partial charge >= 0.3 is 0 Å². The Hall–Kier alpha value is -1.84. The molecule has 1 saturated heterocycles. The zero-order chi connectivity index (χ0) is 18.0. The fraction of sp³-hybridized carbons (Fsp3) is 0.636. The molecule has 4 rings (SSSR count). The molecule has 2 amide bonds. The van der Waals surface area contributed by atoms with Gasteiger partial charge in [-0.05, 0) is 30.7 Å². The van der Waals surface area contributed by atoms with E-state index in [1.165, 1.54) is 25.7 Å². The van der Waals surface area contributed by atoms with Crippen molar-refractivity contribution >= 4 is 11.8 Å². The topological polar surface area (TPSA) is 40.6 Å². The summed E-state index contributed by atoms with van der Waals surface area (Å²) < 4.78 is 0. The summed E-state index contributed by atoms with van der Waals surface area (Å²) in [6, 6.07) is 10.2. The van der Waals surface area contributed by atoms with Crippen molar-refractivity contribution in [1.29, 1.82) is 0 Å². The maximum absolute atomic E-state index is 13.1. The van der Waals surface area contributed by atoms with Crippen molar-refractivity contribution < 1.29 is 9.59 Å². The van der Waals surface area contributed by atoms with Gasteiger partial charge < -0.3 is 9.80 Å². The van der Waals surface area contributed by atoms with Crippen LogP contribution in [0.15, 0.2) is 30.3 Å². The largest absolute Gasteiger partial charge is 0.339 e. The molecule has 1 aliphatic heterocycles. The van der Waals surface area contributed by atoms with Crippen molar-refractivity contribution in [3.63, 3.8) is 0 Å². The molecule has 0 atom stereocenters. The average molecular weight is 354 g/mol. The van der Waals surface area contributed by atoms with Crippen LogP contribution < -0.4 is 0 Å². The Morgan fingerprint density at radius 2 is 1.54 bits per heavy atom. The molecule has 0 bridgehead atoms. The number of carbonyl (C=O) groups excluding carboxylic acids is 2. The molecule has 2 saturated carbocycles. The number of rotatable bonds is 5. The molecule has 4 heteroatoms. The summed E-state index contributed by atoms with van der Waals surface area (Å²) in [4.78, 5) is 29.5. The summed E-state index contributed by atoms with van der Waals surface area (Å²) in [5.74, 6) is 1.32. The van der Waals surface area contributed by atoms with Gasteiger partial charge in [-0.25, -0.2) is 0 Å². The number of nitrogens with zero attached hydrogens (tertiary/aromatic N) is 2. The first-order valence-electron chi connectivity index (χ1n) is 10.3. The van der Waals surface area contributed by atoms with Crippen LogP contribution in [0.1, 0.15) is 56.9 Å². The Morgan fingerprint density at radius 3 is 2.15 bits per heavy atom. The highest BCUT2D eigenvalue weighted by molar-refractivity contribution is 5.91. The predicted molar refractivity (Wildman–Crippen MR) is 102 cm³/mol. The van der Waals surface area contributed by atoms with Crippen LogP contribution in [-0.4, -0.2) is 47.8 Å². The van der Waals surface area contributed by atoms with Crippen molar-refractivity contribution in [1.82, 2.24) is 9.80 Å². The average Bonchev–Trinajstić information content (AvgIpc) is 3.35. The lowest BCUT2D eigenvalue weighted by molar-refractivity contribution is -0.141. The second-order valence-corrected chi connectivity index (χ2v) is 8.31. The van der Waals surface area contributed by atoms with Gasteiger partial charge in [0.25, 0.3) is 0 Å². The molecule has 3 fully saturated rings. The molecular formula is C22H30N2O2. The van der Waals surface area contributed by atoms with Gasteiger partial charge in [0.2, 0.25) is 11.8 Å². The lowest BCUT2D eigenvalue weighted by Crippen LogP contribution is -2.53. The standard InChI is InChI=1S/C22H30N2O2/c25-20(11-10-18-6-4-5-7-18)23-14-16-24(17-15-23)21(26)22(12-13-22)19-8-2-1-3-9-19/h1-3,8-9,18H,4-7,10-17H2. The van der Waals surface area contributed by atoms with Crippen LogP contribution in [0.3, 0.4) is 0 Å². The Labute approximate surface area is 156 Å². The van der Waals surface area contributed by atoms with E-state index in [4.69, 9.17) is 0 Å². The highest BCUT2D eigenvalue weighted by Crippen LogP contribution is 2.49. The van der Waals surface area contributed by atoms with Gasteiger partial charge in [0.05, 0.1) is 5.41 Å². The third-order valence-corrected chi connectivity index (χ3v) is 6.65. The fourth-order valence-corrected chi connectivity index (χ4v) is 4.75. The van der Waals surface area contributed by atoms with Crippen molar-refractivity contribution in [2.45, 2.75) is 56.8 Å². The minimum absolute atomic E-state index is 0.266. The van der Waals surface area contributed by atoms with Gasteiger partial charge in [0, 0.05) is 32.6 Å². The number of amides is 2. The lowest BCUT2D eigenvalue weighted by Gasteiger charge is -2.37. The molecule has 1 aromatic rings. The van der Waals surface area contributed by atoms with E-state index in [0.717, 1.165) is 30.7 Å². The molecular weight excluding hydrogens is 324 g/mol. The molecule has 1 aromatic carbocycles. The number of hydrogen-bond donors (Lipinski definition) is 0. The second-order valence-electron chi connectivity index (χ2n) is 8.31. The molecule has 0 aromatic heterocycles. The smallest absolute Gasteiger partial charge is 0.233 e. The molecule has 0 spiro atoms. The van der Waals surface area contributed by atoms with E-state index >= 15 is 0 Å². The van der Waals surface area contributed by atoms with E-state index < -0.39 is 0 Å². The van der Waals surface area contributed by atoms with Gasteiger partial charge in [0.1, 0.15) is 0 Å². The van der Waals surface area contributed by atoms with E-state index in [1.54, 1.807) is 0 Å². The quantitative estimate of drug-likeness (QED) is 0.813. The molecule has 140 valence electrons. The first-order chi connectivity index (χ1) is 12.7. The Morgan fingerprint density at radius 1 is 0.923 bits per heavy atom. The van der Waals surface area contributed by atoms with Gasteiger partial charge in [-0.1, -0.05) is 56.0 Å². The monoisotopic (exact) mass is 354 g/mol. The van der Waals surface area contributed by atoms with Crippen molar-refractivity contribution in [3.8, 4) is 0 Å². The highest BCUT2D eigenvalue weighted by Gasteiger charge is 2.53. The Kier molecular flexibility index (Phi) is 5.01. The number of piperazine rings is 1. The van der Waals surface area contributed by atoms with Gasteiger partial charge in [-0.15, -0.1) is 0 Å². The Balaban J connectivity index is 1.28. The first-order valence-corrected chi connectivity index (χ1v) is 10.3. The first kappa shape index (κ1) is 17.6. The van der Waals surface area contributed by atoms with Crippen molar-refractivity contribution in [2.75, 3.05) is 26.2 Å². The van der Waals surface area contributed by atoms with E-state index in [1.807, 2.05) is 28.0 Å². The molecule has 2 aliphatic carbocycles. The SMILES string of the molecule is O=C(CCC1CCCC1)N1CCN(C(=O)C2(c3ccccc3)CC2)CC1. The van der Waals surface area contributed by atoms with Crippen molar-refractivity contribution in [3.05, 3.63) is 35.9 Å². The van der Waals surface area contributed by atoms with E-state index in [-0.39, 0.29) is 17.2 Å². The predicted octanol–water partition coefficient (Wildman–Crippen LogP) is 3.36. The van der Waals surface area contributed by atoms with Crippen LogP contribution >= 0.6 is 0 Å². The molecule has 0 N–H and O–H groups in total. The molecule has 4 nitrogen and oxygen atoms in total. The third kappa shape index (κ3) is 3.51. The summed E-state index contributed by atoms with van der Waals surface area (Å²) >= 11 is 0. The maximum Gasteiger partial charge on any atom is 0.233 e. The normalized spacial score (nSPS) is 22.5. The molecule has 0 radical (unpaired) electrons. The zero-order valence-corrected chi connectivity index (χ0v) is 15.7. The van der Waals surface area contributed by atoms with Crippen LogP contribution in [0.2, 0.25) is 0 Å². The number of benzene rings is 1. The minimum Gasteiger partial charge on any atom is -0.339 e. The highest BCUT2D eigenvalue weighted by atomic mass is 16.2. The summed E-state index contributed by atoms with van der Waals surface area (Å²) in [7, 11) is 0. The van der Waals surface area contributed by atoms with Gasteiger partial charge in [-0.3, -0.25) is 9.59 Å². The maximum atomic E-state index is 13.1. The van der Waals surface area contributed by atoms with Crippen LogP contribution in [0.4, 0.5) is 0 Å². The number of hydrogen-bond acceptors (Lipinski definition) is 2. The third-order valence-electron chi connectivity index (χ3n) is 6.65. The van der Waals surface area contributed by atoms with Crippen molar-refractivity contribution in [2.24, 2.45) is 5.92 Å². The molecule has 0 unspecified atom stereocenters. The molecule has 26 heavy (non-hydrogen) atoms. The molecule has 1 heterocycles. The van der Waals surface area contributed by atoms with Crippen LogP contribution in [0.25, 0.3) is 0 Å². The fourth-order valence-electron chi connectivity index (χ4n) is 4.75. The summed E-state index contributed by atoms with van der Waals surface area (Å²) in [6.07, 6.45) is 8.92. The van der Waals surface area contributed by atoms with Crippen LogP contribution in [0.5, 0.6) is 0 Å². The van der Waals surface area contributed by atoms with Crippen LogP contribution in [0, 0.1) is 5.92 Å². The zero-order valence-electron chi connectivity index (χ0n) is 15.7. The van der Waals surface area contributed by atoms with E-state index in [9.17, 15) is 9.59 Å². The lowest BCUT2D eigenvalue weighted by atomic mass is 9.94. The molecule has 3 aliphatic rings. The van der Waals surface area contributed by atoms with E-state index in [2.05, 4.69) is 12.1 Å². The minimum atomic E-state index is -0.282. The summed E-state index contributed by atoms with van der Waals surface area (Å²) in [5.41, 5.74) is 0.871. The second kappa shape index (κ2) is 7.42. The van der Waals surface area contributed by atoms with Gasteiger partial charge in [0.15, 0.2) is 0 Å². The van der Waals surface area contributed by atoms with E-state index in [0.29, 0.717) is 32.6 Å². The Bertz CT molecular complexity index is 639. The number of carbonyl (C=O) groups is 2. The summed E-state index contributed by atoms with van der Waals surface area (Å²) in [5, 5.41) is 0. The van der Waals surface area contributed by atoms with Crippen LogP contribution in [-0.2, 0) is 15.0 Å². The summed E-state index contributed by atoms with van der Waals surface area (Å²) in [6.45, 7) is 2.76. The van der Waals surface area contributed by atoms with Gasteiger partial charge in [-0.2, -0.15) is 0 Å².